The van der Waals surface area contributed by atoms with E-state index < -0.39 is 18.5 Å². The van der Waals surface area contributed by atoms with Crippen LogP contribution in [0.4, 0.5) is 11.4 Å². The molecular weight excluding hydrogens is 316 g/mol. The first-order valence-electron chi connectivity index (χ1n) is 7.22. The first-order chi connectivity index (χ1) is 11.3. The number of hydrogen-bond donors (Lipinski definition) is 2. The maximum atomic E-state index is 11.9. The lowest BCUT2D eigenvalue weighted by Crippen LogP contribution is -2.21. The number of benzene rings is 1. The molecule has 0 radical (unpaired) electrons. The molecule has 0 aliphatic heterocycles. The second-order valence-corrected chi connectivity index (χ2v) is 5.01. The van der Waals surface area contributed by atoms with Gasteiger partial charge in [0.15, 0.2) is 6.61 Å². The fourth-order valence-corrected chi connectivity index (χ4v) is 1.77. The van der Waals surface area contributed by atoms with Gasteiger partial charge in [-0.1, -0.05) is 0 Å². The van der Waals surface area contributed by atoms with Crippen molar-refractivity contribution in [1.29, 1.82) is 0 Å². The topological polar surface area (TPSA) is 111 Å². The van der Waals surface area contributed by atoms with Gasteiger partial charge in [-0.2, -0.15) is 0 Å². The van der Waals surface area contributed by atoms with Gasteiger partial charge in [-0.05, 0) is 25.1 Å². The molecule has 0 bridgehead atoms. The Hall–Kier alpha value is -2.90. The number of carbonyl (C=O) groups is 4. The Bertz CT molecular complexity index is 641. The molecule has 0 atom stereocenters. The third kappa shape index (κ3) is 6.91. The summed E-state index contributed by atoms with van der Waals surface area (Å²) in [5.41, 5.74) is 0.811. The van der Waals surface area contributed by atoms with Crippen LogP contribution in [-0.2, 0) is 23.9 Å². The molecule has 0 aliphatic carbocycles. The van der Waals surface area contributed by atoms with E-state index in [1.165, 1.54) is 27.0 Å². The van der Waals surface area contributed by atoms with E-state index in [-0.39, 0.29) is 24.5 Å². The summed E-state index contributed by atoms with van der Waals surface area (Å²) < 4.78 is 9.91. The summed E-state index contributed by atoms with van der Waals surface area (Å²) in [4.78, 5) is 45.1. The second-order valence-electron chi connectivity index (χ2n) is 5.01. The van der Waals surface area contributed by atoms with Gasteiger partial charge in [0.05, 0.1) is 19.2 Å². The number of methoxy groups -OCH3 is 1. The van der Waals surface area contributed by atoms with Crippen molar-refractivity contribution >= 4 is 34.9 Å². The fraction of sp³-hybridized carbons (Fsp3) is 0.375. The molecule has 0 heterocycles. The van der Waals surface area contributed by atoms with Crippen LogP contribution in [0.25, 0.3) is 0 Å². The van der Waals surface area contributed by atoms with E-state index in [1.54, 1.807) is 12.1 Å². The molecule has 2 N–H and O–H groups in total. The summed E-state index contributed by atoms with van der Waals surface area (Å²) >= 11 is 0. The average Bonchev–Trinajstić information content (AvgIpc) is 2.50. The van der Waals surface area contributed by atoms with Crippen molar-refractivity contribution in [2.75, 3.05) is 24.4 Å². The molecule has 0 saturated heterocycles. The van der Waals surface area contributed by atoms with Crippen LogP contribution in [-0.4, -0.2) is 37.3 Å². The van der Waals surface area contributed by atoms with Crippen molar-refractivity contribution < 1.29 is 28.7 Å². The molecule has 0 fully saturated rings. The van der Waals surface area contributed by atoms with Crippen molar-refractivity contribution in [3.63, 3.8) is 0 Å². The standard InChI is InChI=1S/C16H20N2O6/c1-10(19)4-7-16(22)24-9-15(21)18-13-8-12(17-11(2)20)5-6-14(13)23-3/h5-6,8H,4,7,9H2,1-3H3,(H,17,20)(H,18,21). The maximum Gasteiger partial charge on any atom is 0.306 e. The largest absolute Gasteiger partial charge is 0.495 e. The number of Topliss-reactive ketones (excluding diaryl/α,β-unsaturated/α-hetero) is 1. The summed E-state index contributed by atoms with van der Waals surface area (Å²) in [6.45, 7) is 2.25. The molecule has 0 aromatic heterocycles. The number of hydrogen-bond acceptors (Lipinski definition) is 6. The Kier molecular flexibility index (Phi) is 7.41. The Balaban J connectivity index is 2.63. The lowest BCUT2D eigenvalue weighted by atomic mass is 10.2. The van der Waals surface area contributed by atoms with Crippen molar-refractivity contribution in [3.05, 3.63) is 18.2 Å². The molecule has 0 saturated carbocycles. The summed E-state index contributed by atoms with van der Waals surface area (Å²) in [5.74, 6) is -1.18. The molecule has 0 spiro atoms. The van der Waals surface area contributed by atoms with E-state index in [4.69, 9.17) is 9.47 Å². The van der Waals surface area contributed by atoms with Crippen LogP contribution >= 0.6 is 0 Å². The lowest BCUT2D eigenvalue weighted by Gasteiger charge is -2.12. The van der Waals surface area contributed by atoms with E-state index in [0.717, 1.165) is 0 Å². The highest BCUT2D eigenvalue weighted by Crippen LogP contribution is 2.27. The van der Waals surface area contributed by atoms with Crippen molar-refractivity contribution in [2.24, 2.45) is 0 Å². The summed E-state index contributed by atoms with van der Waals surface area (Å²) in [6, 6.07) is 4.73. The molecule has 1 aromatic rings. The molecule has 8 nitrogen and oxygen atoms in total. The van der Waals surface area contributed by atoms with E-state index >= 15 is 0 Å². The van der Waals surface area contributed by atoms with E-state index in [0.29, 0.717) is 17.1 Å². The first-order valence-corrected chi connectivity index (χ1v) is 7.22. The summed E-state index contributed by atoms with van der Waals surface area (Å²) in [5, 5.41) is 5.12. The van der Waals surface area contributed by atoms with E-state index in [2.05, 4.69) is 10.6 Å². The molecule has 24 heavy (non-hydrogen) atoms. The van der Waals surface area contributed by atoms with Crippen molar-refractivity contribution in [3.8, 4) is 5.75 Å². The van der Waals surface area contributed by atoms with Crippen LogP contribution in [0.3, 0.4) is 0 Å². The lowest BCUT2D eigenvalue weighted by molar-refractivity contribution is -0.148. The van der Waals surface area contributed by atoms with Gasteiger partial charge in [0.2, 0.25) is 5.91 Å². The second kappa shape index (κ2) is 9.29. The average molecular weight is 336 g/mol. The van der Waals surface area contributed by atoms with Gasteiger partial charge in [0.25, 0.3) is 5.91 Å². The molecule has 1 aromatic carbocycles. The molecule has 1 rings (SSSR count). The van der Waals surface area contributed by atoms with Crippen LogP contribution in [0.5, 0.6) is 5.75 Å². The number of rotatable bonds is 8. The molecule has 8 heteroatoms. The van der Waals surface area contributed by atoms with Crippen LogP contribution < -0.4 is 15.4 Å². The maximum absolute atomic E-state index is 11.9. The Morgan fingerprint density at radius 1 is 1.04 bits per heavy atom. The zero-order valence-electron chi connectivity index (χ0n) is 13.8. The third-order valence-corrected chi connectivity index (χ3v) is 2.84. The van der Waals surface area contributed by atoms with Crippen molar-refractivity contribution in [2.45, 2.75) is 26.7 Å². The number of ketones is 1. The number of carbonyl (C=O) groups excluding carboxylic acids is 4. The van der Waals surface area contributed by atoms with Gasteiger partial charge in [0.1, 0.15) is 11.5 Å². The Morgan fingerprint density at radius 3 is 2.33 bits per heavy atom. The quantitative estimate of drug-likeness (QED) is 0.696. The molecule has 0 aliphatic rings. The number of nitrogens with one attached hydrogen (secondary N) is 2. The number of esters is 1. The minimum atomic E-state index is -0.626. The number of amides is 2. The summed E-state index contributed by atoms with van der Waals surface area (Å²) in [6.07, 6.45) is 0.0109. The van der Waals surface area contributed by atoms with Crippen LogP contribution in [0.1, 0.15) is 26.7 Å². The van der Waals surface area contributed by atoms with Crippen LogP contribution in [0, 0.1) is 0 Å². The highest BCUT2D eigenvalue weighted by molar-refractivity contribution is 5.96. The summed E-state index contributed by atoms with van der Waals surface area (Å²) in [7, 11) is 1.44. The van der Waals surface area contributed by atoms with Gasteiger partial charge in [-0.3, -0.25) is 14.4 Å². The predicted octanol–water partition coefficient (Wildman–Crippen LogP) is 1.50. The first kappa shape index (κ1) is 19.1. The molecule has 0 unspecified atom stereocenters. The fourth-order valence-electron chi connectivity index (χ4n) is 1.77. The highest BCUT2D eigenvalue weighted by Gasteiger charge is 2.12. The Labute approximate surface area is 139 Å². The molecule has 130 valence electrons. The third-order valence-electron chi connectivity index (χ3n) is 2.84. The van der Waals surface area contributed by atoms with Crippen molar-refractivity contribution in [1.82, 2.24) is 0 Å². The minimum Gasteiger partial charge on any atom is -0.495 e. The smallest absolute Gasteiger partial charge is 0.306 e. The van der Waals surface area contributed by atoms with Gasteiger partial charge < -0.3 is 24.9 Å². The van der Waals surface area contributed by atoms with Gasteiger partial charge in [-0.25, -0.2) is 0 Å². The predicted molar refractivity (Wildman–Crippen MR) is 86.8 cm³/mol. The zero-order valence-corrected chi connectivity index (χ0v) is 13.8. The minimum absolute atomic E-state index is 0.0655. The van der Waals surface area contributed by atoms with E-state index in [1.807, 2.05) is 0 Å². The van der Waals surface area contributed by atoms with Gasteiger partial charge in [-0.15, -0.1) is 0 Å². The molecular formula is C16H20N2O6. The van der Waals surface area contributed by atoms with Crippen LogP contribution in [0.15, 0.2) is 18.2 Å². The normalized spacial score (nSPS) is 9.79. The van der Waals surface area contributed by atoms with Gasteiger partial charge in [0, 0.05) is 19.0 Å². The highest BCUT2D eigenvalue weighted by atomic mass is 16.5. The molecule has 2 amide bonds. The van der Waals surface area contributed by atoms with E-state index in [9.17, 15) is 19.2 Å². The zero-order chi connectivity index (χ0) is 18.1. The van der Waals surface area contributed by atoms with Crippen LogP contribution in [0.2, 0.25) is 0 Å². The Morgan fingerprint density at radius 2 is 1.75 bits per heavy atom. The SMILES string of the molecule is COc1ccc(NC(C)=O)cc1NC(=O)COC(=O)CCC(C)=O. The van der Waals surface area contributed by atoms with Gasteiger partial charge >= 0.3 is 5.97 Å². The monoisotopic (exact) mass is 336 g/mol. The number of anilines is 2. The number of ether oxygens (including phenoxy) is 2.